The number of hydrogen-bond donors (Lipinski definition) is 3. The van der Waals surface area contributed by atoms with Crippen molar-refractivity contribution in [2.45, 2.75) is 45.1 Å². The first-order chi connectivity index (χ1) is 17.1. The van der Waals surface area contributed by atoms with Crippen LogP contribution in [0.2, 0.25) is 5.02 Å². The monoisotopic (exact) mass is 530 g/mol. The average molecular weight is 531 g/mol. The first-order valence-corrected chi connectivity index (χ1v) is 12.7. The van der Waals surface area contributed by atoms with Gasteiger partial charge in [-0.2, -0.15) is 5.10 Å². The third-order valence-electron chi connectivity index (χ3n) is 5.83. The van der Waals surface area contributed by atoms with E-state index in [1.165, 1.54) is 11.3 Å². The third-order valence-corrected chi connectivity index (χ3v) is 7.15. The highest BCUT2D eigenvalue weighted by Gasteiger charge is 2.37. The molecule has 3 aromatic rings. The largest absolute Gasteiger partial charge is 0.476 e. The molecule has 10 nitrogen and oxygen atoms in total. The standard InChI is InChI=1S/C24H27ClN6O4S/c1-14-12-17(28-27-14)20(32)29-30-21(33)18-13-36-22(26-18)15-8-10-31(11-9-15)23(34)24(2,3)35-19-7-5-4-6-16(19)25/h4-7,12-13,15H,8-11H2,1-3H3,(H,27,28)(H,29,32)(H,30,33). The van der Waals surface area contributed by atoms with Crippen LogP contribution < -0.4 is 15.6 Å². The molecule has 0 saturated carbocycles. The van der Waals surface area contributed by atoms with Gasteiger partial charge in [0.05, 0.1) is 10.0 Å². The number of likely N-dealkylation sites (tertiary alicyclic amines) is 1. The van der Waals surface area contributed by atoms with Crippen molar-refractivity contribution in [3.05, 3.63) is 62.8 Å². The minimum Gasteiger partial charge on any atom is -0.476 e. The quantitative estimate of drug-likeness (QED) is 0.418. The second-order valence-electron chi connectivity index (χ2n) is 9.02. The number of hydrogen-bond acceptors (Lipinski definition) is 7. The number of piperidine rings is 1. The molecule has 0 spiro atoms. The van der Waals surface area contributed by atoms with Gasteiger partial charge < -0.3 is 9.64 Å². The van der Waals surface area contributed by atoms with Gasteiger partial charge in [0.15, 0.2) is 11.3 Å². The molecule has 3 heterocycles. The molecule has 190 valence electrons. The lowest BCUT2D eigenvalue weighted by atomic mass is 9.96. The predicted octanol–water partition coefficient (Wildman–Crippen LogP) is 3.47. The number of carbonyl (C=O) groups is 3. The maximum atomic E-state index is 13.2. The van der Waals surface area contributed by atoms with E-state index in [4.69, 9.17) is 16.3 Å². The number of H-pyrrole nitrogens is 1. The Balaban J connectivity index is 1.29. The summed E-state index contributed by atoms with van der Waals surface area (Å²) >= 11 is 7.58. The molecule has 1 aliphatic rings. The van der Waals surface area contributed by atoms with Crippen molar-refractivity contribution in [3.8, 4) is 5.75 Å². The van der Waals surface area contributed by atoms with Crippen LogP contribution in [0.5, 0.6) is 5.75 Å². The summed E-state index contributed by atoms with van der Waals surface area (Å²) in [5.74, 6) is -0.541. The molecule has 0 radical (unpaired) electrons. The van der Waals surface area contributed by atoms with Gasteiger partial charge in [-0.25, -0.2) is 4.98 Å². The Bertz CT molecular complexity index is 1260. The molecular weight excluding hydrogens is 504 g/mol. The summed E-state index contributed by atoms with van der Waals surface area (Å²) in [5, 5.41) is 9.46. The van der Waals surface area contributed by atoms with E-state index in [9.17, 15) is 14.4 Å². The molecule has 4 rings (SSSR count). The number of rotatable bonds is 6. The number of amides is 3. The second-order valence-corrected chi connectivity index (χ2v) is 10.3. The highest BCUT2D eigenvalue weighted by Crippen LogP contribution is 2.33. The molecule has 36 heavy (non-hydrogen) atoms. The number of aryl methyl sites for hydroxylation is 1. The molecule has 0 bridgehead atoms. The third kappa shape index (κ3) is 5.85. The zero-order chi connectivity index (χ0) is 25.9. The van der Waals surface area contributed by atoms with Gasteiger partial charge in [-0.1, -0.05) is 23.7 Å². The minimum absolute atomic E-state index is 0.108. The van der Waals surface area contributed by atoms with Crippen molar-refractivity contribution in [1.29, 1.82) is 0 Å². The molecule has 1 aliphatic heterocycles. The molecule has 1 saturated heterocycles. The Morgan fingerprint density at radius 1 is 1.14 bits per heavy atom. The zero-order valence-electron chi connectivity index (χ0n) is 20.1. The average Bonchev–Trinajstić information content (AvgIpc) is 3.53. The van der Waals surface area contributed by atoms with Crippen molar-refractivity contribution in [2.24, 2.45) is 0 Å². The maximum absolute atomic E-state index is 13.2. The summed E-state index contributed by atoms with van der Waals surface area (Å²) in [6.07, 6.45) is 1.44. The number of carbonyl (C=O) groups excluding carboxylic acids is 3. The van der Waals surface area contributed by atoms with Crippen molar-refractivity contribution >= 4 is 40.7 Å². The second kappa shape index (κ2) is 10.7. The van der Waals surface area contributed by atoms with E-state index in [1.807, 2.05) is 6.07 Å². The van der Waals surface area contributed by atoms with Crippen LogP contribution in [0.1, 0.15) is 64.3 Å². The summed E-state index contributed by atoms with van der Waals surface area (Å²) in [4.78, 5) is 43.9. The molecule has 1 aromatic carbocycles. The van der Waals surface area contributed by atoms with Gasteiger partial charge in [-0.3, -0.25) is 30.3 Å². The Morgan fingerprint density at radius 3 is 2.44 bits per heavy atom. The van der Waals surface area contributed by atoms with Gasteiger partial charge in [0.2, 0.25) is 0 Å². The highest BCUT2D eigenvalue weighted by atomic mass is 35.5. The molecule has 2 aromatic heterocycles. The first-order valence-electron chi connectivity index (χ1n) is 11.4. The van der Waals surface area contributed by atoms with Crippen LogP contribution in [0.3, 0.4) is 0 Å². The molecule has 3 N–H and O–H groups in total. The van der Waals surface area contributed by atoms with Crippen LogP contribution in [0.25, 0.3) is 0 Å². The van der Waals surface area contributed by atoms with Crippen molar-refractivity contribution in [1.82, 2.24) is 30.9 Å². The van der Waals surface area contributed by atoms with E-state index in [0.29, 0.717) is 23.9 Å². The van der Waals surface area contributed by atoms with Crippen LogP contribution in [0.15, 0.2) is 35.7 Å². The molecule has 1 fully saturated rings. The Labute approximate surface area is 217 Å². The van der Waals surface area contributed by atoms with E-state index in [2.05, 4.69) is 26.0 Å². The van der Waals surface area contributed by atoms with Crippen molar-refractivity contribution < 1.29 is 19.1 Å². The van der Waals surface area contributed by atoms with Gasteiger partial charge in [-0.15, -0.1) is 11.3 Å². The van der Waals surface area contributed by atoms with E-state index in [1.54, 1.807) is 55.3 Å². The SMILES string of the molecule is Cc1cc(C(=O)NNC(=O)c2csc(C3CCN(C(=O)C(C)(C)Oc4ccccc4Cl)CC3)n2)n[nH]1. The van der Waals surface area contributed by atoms with E-state index in [0.717, 1.165) is 23.5 Å². The summed E-state index contributed by atoms with van der Waals surface area (Å²) in [6, 6.07) is 8.65. The van der Waals surface area contributed by atoms with E-state index >= 15 is 0 Å². The summed E-state index contributed by atoms with van der Waals surface area (Å²) in [5.41, 5.74) is 4.76. The molecular formula is C24H27ClN6O4S. The molecule has 3 amide bonds. The zero-order valence-corrected chi connectivity index (χ0v) is 21.7. The van der Waals surface area contributed by atoms with Crippen LogP contribution in [-0.4, -0.2) is 56.5 Å². The lowest BCUT2D eigenvalue weighted by Gasteiger charge is -2.36. The van der Waals surface area contributed by atoms with E-state index in [-0.39, 0.29) is 23.2 Å². The lowest BCUT2D eigenvalue weighted by Crippen LogP contribution is -2.51. The number of aromatic amines is 1. The number of ether oxygens (including phenoxy) is 1. The lowest BCUT2D eigenvalue weighted by molar-refractivity contribution is -0.146. The van der Waals surface area contributed by atoms with Crippen LogP contribution in [0.4, 0.5) is 0 Å². The van der Waals surface area contributed by atoms with Gasteiger partial charge in [0.1, 0.15) is 11.4 Å². The number of para-hydroxylation sites is 1. The molecule has 12 heteroatoms. The molecule has 0 aliphatic carbocycles. The fraction of sp³-hybridized carbons (Fsp3) is 0.375. The summed E-state index contributed by atoms with van der Waals surface area (Å²) in [6.45, 7) is 6.36. The number of aromatic nitrogens is 3. The topological polar surface area (TPSA) is 129 Å². The fourth-order valence-electron chi connectivity index (χ4n) is 3.91. The van der Waals surface area contributed by atoms with Gasteiger partial charge in [0, 0.05) is 30.1 Å². The number of halogens is 1. The van der Waals surface area contributed by atoms with Gasteiger partial charge in [0.25, 0.3) is 17.7 Å². The van der Waals surface area contributed by atoms with Gasteiger partial charge >= 0.3 is 0 Å². The number of hydrazine groups is 1. The van der Waals surface area contributed by atoms with Crippen LogP contribution in [0, 0.1) is 6.92 Å². The smallest absolute Gasteiger partial charge is 0.290 e. The fourth-order valence-corrected chi connectivity index (χ4v) is 5.06. The number of thiazole rings is 1. The predicted molar refractivity (Wildman–Crippen MR) is 135 cm³/mol. The Morgan fingerprint density at radius 2 is 1.81 bits per heavy atom. The Kier molecular flexibility index (Phi) is 7.60. The highest BCUT2D eigenvalue weighted by molar-refractivity contribution is 7.09. The number of nitrogens with one attached hydrogen (secondary N) is 3. The summed E-state index contributed by atoms with van der Waals surface area (Å²) in [7, 11) is 0. The van der Waals surface area contributed by atoms with Crippen LogP contribution >= 0.6 is 22.9 Å². The first kappa shape index (κ1) is 25.6. The molecule has 0 unspecified atom stereocenters. The maximum Gasteiger partial charge on any atom is 0.290 e. The summed E-state index contributed by atoms with van der Waals surface area (Å²) < 4.78 is 5.94. The van der Waals surface area contributed by atoms with Gasteiger partial charge in [-0.05, 0) is 51.8 Å². The minimum atomic E-state index is -1.07. The van der Waals surface area contributed by atoms with Crippen LogP contribution in [-0.2, 0) is 4.79 Å². The molecule has 0 atom stereocenters. The normalized spacial score (nSPS) is 14.4. The van der Waals surface area contributed by atoms with E-state index < -0.39 is 17.4 Å². The van der Waals surface area contributed by atoms with Crippen molar-refractivity contribution in [3.63, 3.8) is 0 Å². The Hall–Kier alpha value is -3.44. The number of nitrogens with zero attached hydrogens (tertiary/aromatic N) is 3. The number of benzene rings is 1. The van der Waals surface area contributed by atoms with Crippen molar-refractivity contribution in [2.75, 3.05) is 13.1 Å².